The van der Waals surface area contributed by atoms with Gasteiger partial charge in [0.25, 0.3) is 0 Å². The lowest BCUT2D eigenvalue weighted by molar-refractivity contribution is -0.137. The summed E-state index contributed by atoms with van der Waals surface area (Å²) in [6.07, 6.45) is -0.119. The molecule has 6 nitrogen and oxygen atoms in total. The van der Waals surface area contributed by atoms with Gasteiger partial charge in [0, 0.05) is 23.6 Å². The van der Waals surface area contributed by atoms with Gasteiger partial charge in [-0.2, -0.15) is 0 Å². The van der Waals surface area contributed by atoms with Crippen LogP contribution in [0.25, 0.3) is 0 Å². The normalized spacial score (nSPS) is 17.9. The SMILES string of the molecule is COc1ccccc1C(OCC1CC(O)CN1C(=O)C(C)C)(c1ccccc1)c1ccccc1OC. The van der Waals surface area contributed by atoms with Gasteiger partial charge >= 0.3 is 0 Å². The highest BCUT2D eigenvalue weighted by molar-refractivity contribution is 5.78. The van der Waals surface area contributed by atoms with E-state index in [9.17, 15) is 9.90 Å². The third-order valence-electron chi connectivity index (χ3n) is 6.81. The fraction of sp³-hybridized carbons (Fsp3) is 0.367. The van der Waals surface area contributed by atoms with Crippen molar-refractivity contribution in [3.63, 3.8) is 0 Å². The van der Waals surface area contributed by atoms with E-state index in [-0.39, 0.29) is 24.5 Å². The molecule has 0 aromatic heterocycles. The number of rotatable bonds is 9. The first-order chi connectivity index (χ1) is 17.4. The number of hydrogen-bond donors (Lipinski definition) is 1. The molecule has 6 heteroatoms. The second kappa shape index (κ2) is 11.1. The van der Waals surface area contributed by atoms with Crippen molar-refractivity contribution in [3.05, 3.63) is 95.6 Å². The molecule has 1 heterocycles. The summed E-state index contributed by atoms with van der Waals surface area (Å²) in [6.45, 7) is 4.29. The van der Waals surface area contributed by atoms with Crippen molar-refractivity contribution in [2.24, 2.45) is 5.92 Å². The Labute approximate surface area is 213 Å². The molecule has 4 rings (SSSR count). The van der Waals surface area contributed by atoms with Gasteiger partial charge in [-0.25, -0.2) is 0 Å². The van der Waals surface area contributed by atoms with Crippen LogP contribution in [-0.4, -0.2) is 55.4 Å². The van der Waals surface area contributed by atoms with Crippen LogP contribution in [0.5, 0.6) is 11.5 Å². The molecule has 0 bridgehead atoms. The Hall–Kier alpha value is -3.35. The summed E-state index contributed by atoms with van der Waals surface area (Å²) in [6, 6.07) is 25.3. The average Bonchev–Trinajstić information content (AvgIpc) is 3.29. The maximum absolute atomic E-state index is 13.0. The van der Waals surface area contributed by atoms with Crippen molar-refractivity contribution >= 4 is 5.91 Å². The molecule has 1 saturated heterocycles. The summed E-state index contributed by atoms with van der Waals surface area (Å²) in [5.74, 6) is 1.20. The van der Waals surface area contributed by atoms with Gasteiger partial charge < -0.3 is 24.2 Å². The van der Waals surface area contributed by atoms with Gasteiger partial charge in [0.2, 0.25) is 5.91 Å². The second-order valence-electron chi connectivity index (χ2n) is 9.45. The third kappa shape index (κ3) is 4.84. The molecule has 0 saturated carbocycles. The standard InChI is InChI=1S/C30H35NO5/c1-21(2)29(33)31-19-24(32)18-23(31)20-36-30(22-12-6-5-7-13-22,25-14-8-10-16-27(25)34-3)26-15-9-11-17-28(26)35-4/h5-17,21,23-24,32H,18-20H2,1-4H3. The monoisotopic (exact) mass is 489 g/mol. The van der Waals surface area contributed by atoms with E-state index >= 15 is 0 Å². The summed E-state index contributed by atoms with van der Waals surface area (Å²) in [4.78, 5) is 14.7. The number of β-amino-alcohol motifs (C(OH)–C–C–N with tert-alkyl or cyclic N) is 1. The Morgan fingerprint density at radius 3 is 1.97 bits per heavy atom. The molecule has 3 aromatic rings. The average molecular weight is 490 g/mol. The Morgan fingerprint density at radius 1 is 0.917 bits per heavy atom. The number of carbonyl (C=O) groups excluding carboxylic acids is 1. The van der Waals surface area contributed by atoms with Crippen molar-refractivity contribution in [1.82, 2.24) is 4.90 Å². The second-order valence-corrected chi connectivity index (χ2v) is 9.45. The quantitative estimate of drug-likeness (QED) is 0.444. The first-order valence-corrected chi connectivity index (χ1v) is 12.4. The molecule has 190 valence electrons. The van der Waals surface area contributed by atoms with Crippen molar-refractivity contribution < 1.29 is 24.1 Å². The van der Waals surface area contributed by atoms with Gasteiger partial charge in [0.1, 0.15) is 11.5 Å². The first kappa shape index (κ1) is 25.7. The lowest BCUT2D eigenvalue weighted by Gasteiger charge is -2.39. The maximum atomic E-state index is 13.0. The van der Waals surface area contributed by atoms with Crippen LogP contribution in [0.15, 0.2) is 78.9 Å². The molecular formula is C30H35NO5. The molecule has 0 aliphatic carbocycles. The largest absolute Gasteiger partial charge is 0.496 e. The number of carbonyl (C=O) groups is 1. The Balaban J connectivity index is 1.90. The molecule has 0 spiro atoms. The van der Waals surface area contributed by atoms with Crippen molar-refractivity contribution in [3.8, 4) is 11.5 Å². The predicted molar refractivity (Wildman–Crippen MR) is 139 cm³/mol. The molecule has 1 N–H and O–H groups in total. The van der Waals surface area contributed by atoms with Crippen LogP contribution in [0.4, 0.5) is 0 Å². The number of aliphatic hydroxyl groups excluding tert-OH is 1. The van der Waals surface area contributed by atoms with Crippen LogP contribution < -0.4 is 9.47 Å². The first-order valence-electron chi connectivity index (χ1n) is 12.4. The van der Waals surface area contributed by atoms with E-state index in [1.807, 2.05) is 92.7 Å². The van der Waals surface area contributed by atoms with Crippen LogP contribution in [0, 0.1) is 5.92 Å². The minimum Gasteiger partial charge on any atom is -0.496 e. The Bertz CT molecular complexity index is 1120. The van der Waals surface area contributed by atoms with Crippen LogP contribution in [0.3, 0.4) is 0 Å². The van der Waals surface area contributed by atoms with E-state index in [1.54, 1.807) is 19.1 Å². The maximum Gasteiger partial charge on any atom is 0.225 e. The van der Waals surface area contributed by atoms with Gasteiger partial charge in [0.05, 0.1) is 33.0 Å². The number of nitrogens with zero attached hydrogens (tertiary/aromatic N) is 1. The zero-order chi connectivity index (χ0) is 25.7. The van der Waals surface area contributed by atoms with Crippen LogP contribution in [0.1, 0.15) is 37.0 Å². The highest BCUT2D eigenvalue weighted by Crippen LogP contribution is 2.47. The molecular weight excluding hydrogens is 454 g/mol. The van der Waals surface area contributed by atoms with Gasteiger partial charge in [0.15, 0.2) is 5.60 Å². The number of methoxy groups -OCH3 is 2. The third-order valence-corrected chi connectivity index (χ3v) is 6.81. The smallest absolute Gasteiger partial charge is 0.225 e. The number of aliphatic hydroxyl groups is 1. The number of amides is 1. The van der Waals surface area contributed by atoms with E-state index in [0.717, 1.165) is 16.7 Å². The van der Waals surface area contributed by atoms with Crippen molar-refractivity contribution in [1.29, 1.82) is 0 Å². The van der Waals surface area contributed by atoms with Crippen LogP contribution >= 0.6 is 0 Å². The van der Waals surface area contributed by atoms with Gasteiger partial charge in [-0.3, -0.25) is 4.79 Å². The predicted octanol–water partition coefficient (Wildman–Crippen LogP) is 4.63. The zero-order valence-electron chi connectivity index (χ0n) is 21.4. The van der Waals surface area contributed by atoms with Crippen LogP contribution in [0.2, 0.25) is 0 Å². The molecule has 3 aromatic carbocycles. The summed E-state index contributed by atoms with van der Waals surface area (Å²) < 4.78 is 18.6. The molecule has 1 amide bonds. The molecule has 36 heavy (non-hydrogen) atoms. The summed E-state index contributed by atoms with van der Waals surface area (Å²) in [5, 5.41) is 10.5. The minimum absolute atomic E-state index is 0.0139. The number of likely N-dealkylation sites (tertiary alicyclic amines) is 1. The molecule has 1 fully saturated rings. The zero-order valence-corrected chi connectivity index (χ0v) is 21.4. The van der Waals surface area contributed by atoms with E-state index < -0.39 is 11.7 Å². The van der Waals surface area contributed by atoms with Crippen molar-refractivity contribution in [2.75, 3.05) is 27.4 Å². The van der Waals surface area contributed by atoms with Gasteiger partial charge in [-0.05, 0) is 24.1 Å². The highest BCUT2D eigenvalue weighted by Gasteiger charge is 2.44. The molecule has 0 radical (unpaired) electrons. The van der Waals surface area contributed by atoms with E-state index in [4.69, 9.17) is 14.2 Å². The fourth-order valence-electron chi connectivity index (χ4n) is 5.11. The number of benzene rings is 3. The number of para-hydroxylation sites is 2. The molecule has 1 aliphatic heterocycles. The highest BCUT2D eigenvalue weighted by atomic mass is 16.5. The van der Waals surface area contributed by atoms with Crippen molar-refractivity contribution in [2.45, 2.75) is 38.0 Å². The van der Waals surface area contributed by atoms with Gasteiger partial charge in [-0.1, -0.05) is 80.6 Å². The molecule has 2 atom stereocenters. The summed E-state index contributed by atoms with van der Waals surface area (Å²) in [7, 11) is 3.29. The molecule has 2 unspecified atom stereocenters. The van der Waals surface area contributed by atoms with E-state index in [0.29, 0.717) is 24.5 Å². The topological polar surface area (TPSA) is 68.2 Å². The van der Waals surface area contributed by atoms with Gasteiger partial charge in [-0.15, -0.1) is 0 Å². The van der Waals surface area contributed by atoms with E-state index in [2.05, 4.69) is 0 Å². The Kier molecular flexibility index (Phi) is 7.97. The molecule has 1 aliphatic rings. The van der Waals surface area contributed by atoms with Crippen LogP contribution in [-0.2, 0) is 15.1 Å². The summed E-state index contributed by atoms with van der Waals surface area (Å²) in [5.41, 5.74) is 1.45. The lowest BCUT2D eigenvalue weighted by Crippen LogP contribution is -2.43. The lowest BCUT2D eigenvalue weighted by atomic mass is 9.79. The fourth-order valence-corrected chi connectivity index (χ4v) is 5.11. The number of hydrogen-bond acceptors (Lipinski definition) is 5. The number of ether oxygens (including phenoxy) is 3. The van der Waals surface area contributed by atoms with E-state index in [1.165, 1.54) is 0 Å². The summed E-state index contributed by atoms with van der Waals surface area (Å²) >= 11 is 0. The Morgan fingerprint density at radius 2 is 1.44 bits per heavy atom. The minimum atomic E-state index is -1.10.